The van der Waals surface area contributed by atoms with Crippen LogP contribution >= 0.6 is 0 Å². The Hall–Kier alpha value is -1.30. The molecule has 0 aromatic rings. The molecule has 2 amide bonds. The Kier molecular flexibility index (Phi) is 5.80. The summed E-state index contributed by atoms with van der Waals surface area (Å²) in [6.07, 6.45) is 1.66. The van der Waals surface area contributed by atoms with E-state index in [4.69, 9.17) is 9.84 Å². The molecule has 2 unspecified atom stereocenters. The first-order valence-electron chi connectivity index (χ1n) is 7.21. The molecule has 0 saturated heterocycles. The van der Waals surface area contributed by atoms with E-state index in [9.17, 15) is 9.59 Å². The number of urea groups is 1. The monoisotopic (exact) mass is 286 g/mol. The molecule has 20 heavy (non-hydrogen) atoms. The van der Waals surface area contributed by atoms with E-state index in [0.717, 1.165) is 12.8 Å². The number of carboxylic acid groups (broad SMARTS) is 1. The summed E-state index contributed by atoms with van der Waals surface area (Å²) in [6.45, 7) is 8.84. The Morgan fingerprint density at radius 2 is 2.05 bits per heavy atom. The highest BCUT2D eigenvalue weighted by atomic mass is 16.5. The van der Waals surface area contributed by atoms with Crippen LogP contribution in [-0.4, -0.2) is 53.8 Å². The van der Waals surface area contributed by atoms with Crippen molar-refractivity contribution in [2.24, 2.45) is 5.41 Å². The lowest BCUT2D eigenvalue weighted by Crippen LogP contribution is -2.63. The van der Waals surface area contributed by atoms with Crippen molar-refractivity contribution in [1.29, 1.82) is 0 Å². The van der Waals surface area contributed by atoms with Crippen LogP contribution < -0.4 is 5.32 Å². The molecule has 6 heteroatoms. The van der Waals surface area contributed by atoms with Gasteiger partial charge in [0.1, 0.15) is 6.54 Å². The third-order valence-corrected chi connectivity index (χ3v) is 3.95. The Morgan fingerprint density at radius 3 is 2.50 bits per heavy atom. The third kappa shape index (κ3) is 3.85. The van der Waals surface area contributed by atoms with Gasteiger partial charge in [-0.15, -0.1) is 0 Å². The molecule has 116 valence electrons. The van der Waals surface area contributed by atoms with Gasteiger partial charge < -0.3 is 20.1 Å². The Bertz CT molecular complexity index is 357. The molecule has 0 aliphatic heterocycles. The summed E-state index contributed by atoms with van der Waals surface area (Å²) in [5.74, 6) is -0.992. The number of ether oxygens (including phenoxy) is 1. The Morgan fingerprint density at radius 1 is 1.40 bits per heavy atom. The van der Waals surface area contributed by atoms with Crippen LogP contribution in [0.5, 0.6) is 0 Å². The van der Waals surface area contributed by atoms with Gasteiger partial charge in [-0.3, -0.25) is 4.79 Å². The molecule has 1 rings (SSSR count). The van der Waals surface area contributed by atoms with Crippen molar-refractivity contribution in [2.75, 3.05) is 19.7 Å². The summed E-state index contributed by atoms with van der Waals surface area (Å²) in [6, 6.07) is -0.276. The maximum atomic E-state index is 12.1. The van der Waals surface area contributed by atoms with E-state index >= 15 is 0 Å². The summed E-state index contributed by atoms with van der Waals surface area (Å²) < 4.78 is 5.62. The molecule has 1 aliphatic carbocycles. The van der Waals surface area contributed by atoms with Gasteiger partial charge in [0, 0.05) is 24.6 Å². The number of nitrogens with zero attached hydrogens (tertiary/aromatic N) is 1. The second-order valence-corrected chi connectivity index (χ2v) is 5.82. The molecule has 2 N–H and O–H groups in total. The van der Waals surface area contributed by atoms with Gasteiger partial charge in [-0.25, -0.2) is 4.79 Å². The van der Waals surface area contributed by atoms with Gasteiger partial charge in [-0.2, -0.15) is 0 Å². The lowest BCUT2D eigenvalue weighted by atomic mass is 9.64. The van der Waals surface area contributed by atoms with Gasteiger partial charge in [-0.1, -0.05) is 20.8 Å². The van der Waals surface area contributed by atoms with E-state index in [-0.39, 0.29) is 30.1 Å². The van der Waals surface area contributed by atoms with Gasteiger partial charge in [0.05, 0.1) is 6.10 Å². The number of rotatable bonds is 7. The minimum atomic E-state index is -0.992. The third-order valence-electron chi connectivity index (χ3n) is 3.95. The van der Waals surface area contributed by atoms with Gasteiger partial charge in [0.25, 0.3) is 0 Å². The minimum absolute atomic E-state index is 0.0275. The Labute approximate surface area is 120 Å². The number of hydrogen-bond acceptors (Lipinski definition) is 3. The maximum absolute atomic E-state index is 12.1. The SMILES string of the molecule is CCCN(CC(=O)O)C(=O)NC1CC(OCC)C1(C)C. The number of nitrogens with one attached hydrogen (secondary N) is 1. The van der Waals surface area contributed by atoms with Gasteiger partial charge in [0.15, 0.2) is 0 Å². The summed E-state index contributed by atoms with van der Waals surface area (Å²) in [5, 5.41) is 11.8. The minimum Gasteiger partial charge on any atom is -0.480 e. The van der Waals surface area contributed by atoms with Crippen molar-refractivity contribution in [2.45, 2.75) is 52.7 Å². The lowest BCUT2D eigenvalue weighted by molar-refractivity contribution is -0.137. The fourth-order valence-electron chi connectivity index (χ4n) is 2.54. The first-order chi connectivity index (χ1) is 9.32. The fraction of sp³-hybridized carbons (Fsp3) is 0.857. The molecular weight excluding hydrogens is 260 g/mol. The molecule has 0 aromatic heterocycles. The molecule has 6 nitrogen and oxygen atoms in total. The van der Waals surface area contributed by atoms with E-state index in [1.54, 1.807) is 0 Å². The second-order valence-electron chi connectivity index (χ2n) is 5.82. The van der Waals surface area contributed by atoms with E-state index < -0.39 is 5.97 Å². The first-order valence-corrected chi connectivity index (χ1v) is 7.21. The van der Waals surface area contributed by atoms with Gasteiger partial charge in [0.2, 0.25) is 0 Å². The van der Waals surface area contributed by atoms with Crippen LogP contribution in [0.25, 0.3) is 0 Å². The van der Waals surface area contributed by atoms with Crippen molar-refractivity contribution >= 4 is 12.0 Å². The van der Waals surface area contributed by atoms with Crippen LogP contribution in [0, 0.1) is 5.41 Å². The highest BCUT2D eigenvalue weighted by molar-refractivity contribution is 5.80. The molecule has 2 atom stereocenters. The van der Waals surface area contributed by atoms with Crippen molar-refractivity contribution in [3.05, 3.63) is 0 Å². The van der Waals surface area contributed by atoms with Crippen LogP contribution in [0.15, 0.2) is 0 Å². The molecule has 0 aromatic carbocycles. The Balaban J connectivity index is 2.55. The maximum Gasteiger partial charge on any atom is 0.323 e. The largest absolute Gasteiger partial charge is 0.480 e. The summed E-state index contributed by atoms with van der Waals surface area (Å²) in [5.41, 5.74) is -0.118. The smallest absolute Gasteiger partial charge is 0.323 e. The van der Waals surface area contributed by atoms with E-state index in [2.05, 4.69) is 19.2 Å². The average molecular weight is 286 g/mol. The quantitative estimate of drug-likeness (QED) is 0.746. The van der Waals surface area contributed by atoms with Gasteiger partial charge >= 0.3 is 12.0 Å². The van der Waals surface area contributed by atoms with Crippen LogP contribution in [-0.2, 0) is 9.53 Å². The number of amides is 2. The van der Waals surface area contributed by atoms with Crippen molar-refractivity contribution in [1.82, 2.24) is 10.2 Å². The number of carbonyl (C=O) groups is 2. The van der Waals surface area contributed by atoms with Gasteiger partial charge in [-0.05, 0) is 19.8 Å². The summed E-state index contributed by atoms with van der Waals surface area (Å²) >= 11 is 0. The van der Waals surface area contributed by atoms with Crippen molar-refractivity contribution in [3.63, 3.8) is 0 Å². The second kappa shape index (κ2) is 6.92. The molecule has 1 fully saturated rings. The summed E-state index contributed by atoms with van der Waals surface area (Å²) in [4.78, 5) is 24.3. The highest BCUT2D eigenvalue weighted by Crippen LogP contribution is 2.42. The zero-order valence-electron chi connectivity index (χ0n) is 12.8. The van der Waals surface area contributed by atoms with Crippen LogP contribution in [0.2, 0.25) is 0 Å². The zero-order valence-corrected chi connectivity index (χ0v) is 12.8. The lowest BCUT2D eigenvalue weighted by Gasteiger charge is -2.51. The van der Waals surface area contributed by atoms with E-state index in [0.29, 0.717) is 13.2 Å². The van der Waals surface area contributed by atoms with Crippen LogP contribution in [0.4, 0.5) is 4.79 Å². The number of carboxylic acids is 1. The molecule has 0 heterocycles. The summed E-state index contributed by atoms with van der Waals surface area (Å²) in [7, 11) is 0. The van der Waals surface area contributed by atoms with E-state index in [1.165, 1.54) is 4.90 Å². The highest BCUT2D eigenvalue weighted by Gasteiger charge is 2.49. The normalized spacial score (nSPS) is 23.8. The molecule has 1 aliphatic rings. The van der Waals surface area contributed by atoms with E-state index in [1.807, 2.05) is 13.8 Å². The van der Waals surface area contributed by atoms with Crippen LogP contribution in [0.3, 0.4) is 0 Å². The predicted octanol–water partition coefficient (Wildman–Crippen LogP) is 1.70. The zero-order chi connectivity index (χ0) is 15.3. The number of aliphatic carboxylic acids is 1. The molecule has 1 saturated carbocycles. The standard InChI is InChI=1S/C14H26N2O4/c1-5-7-16(9-12(17)18)13(19)15-10-8-11(20-6-2)14(10,3)4/h10-11H,5-9H2,1-4H3,(H,15,19)(H,17,18). The fourth-order valence-corrected chi connectivity index (χ4v) is 2.54. The number of carbonyl (C=O) groups excluding carboxylic acids is 1. The first kappa shape index (κ1) is 16.8. The van der Waals surface area contributed by atoms with Crippen molar-refractivity contribution in [3.8, 4) is 0 Å². The predicted molar refractivity (Wildman–Crippen MR) is 75.6 cm³/mol. The number of hydrogen-bond donors (Lipinski definition) is 2. The molecular formula is C14H26N2O4. The van der Waals surface area contributed by atoms with Crippen molar-refractivity contribution < 1.29 is 19.4 Å². The molecule has 0 radical (unpaired) electrons. The molecule has 0 bridgehead atoms. The molecule has 0 spiro atoms. The topological polar surface area (TPSA) is 78.9 Å². The van der Waals surface area contributed by atoms with Crippen LogP contribution in [0.1, 0.15) is 40.5 Å². The average Bonchev–Trinajstić information content (AvgIpc) is 2.36.